The Morgan fingerprint density at radius 2 is 1.57 bits per heavy atom. The third-order valence-corrected chi connectivity index (χ3v) is 8.64. The number of aryl methyl sites for hydroxylation is 2. The van der Waals surface area contributed by atoms with Crippen molar-refractivity contribution in [1.29, 1.82) is 0 Å². The molecule has 40 heavy (non-hydrogen) atoms. The number of carbonyl (C=O) groups is 2. The van der Waals surface area contributed by atoms with Crippen molar-refractivity contribution in [1.82, 2.24) is 10.2 Å². The smallest absolute Gasteiger partial charge is 0.264 e. The summed E-state index contributed by atoms with van der Waals surface area (Å²) < 4.78 is 34.1. The van der Waals surface area contributed by atoms with Gasteiger partial charge in [-0.05, 0) is 76.1 Å². The van der Waals surface area contributed by atoms with Crippen molar-refractivity contribution < 1.29 is 22.7 Å². The van der Waals surface area contributed by atoms with Gasteiger partial charge in [0.1, 0.15) is 18.3 Å². The minimum atomic E-state index is -4.14. The summed E-state index contributed by atoms with van der Waals surface area (Å²) in [7, 11) is -2.64. The number of nitrogens with one attached hydrogen (secondary N) is 1. The number of carbonyl (C=O) groups excluding carboxylic acids is 2. The molecule has 3 aromatic carbocycles. The van der Waals surface area contributed by atoms with Crippen molar-refractivity contribution in [2.24, 2.45) is 0 Å². The van der Waals surface area contributed by atoms with Crippen LogP contribution in [0.25, 0.3) is 0 Å². The number of benzene rings is 3. The molecular formula is C31H39N3O5S. The first kappa shape index (κ1) is 30.7. The van der Waals surface area contributed by atoms with E-state index >= 15 is 0 Å². The molecule has 0 radical (unpaired) electrons. The van der Waals surface area contributed by atoms with Crippen LogP contribution >= 0.6 is 0 Å². The number of anilines is 1. The maximum Gasteiger partial charge on any atom is 0.264 e. The van der Waals surface area contributed by atoms with Gasteiger partial charge in [0, 0.05) is 12.6 Å². The Kier molecular flexibility index (Phi) is 10.3. The zero-order chi connectivity index (χ0) is 29.4. The Labute approximate surface area is 238 Å². The molecule has 9 heteroatoms. The molecule has 214 valence electrons. The van der Waals surface area contributed by atoms with Crippen LogP contribution in [-0.4, -0.2) is 50.9 Å². The first-order chi connectivity index (χ1) is 19.0. The van der Waals surface area contributed by atoms with Gasteiger partial charge in [0.2, 0.25) is 11.8 Å². The van der Waals surface area contributed by atoms with Crippen LogP contribution in [0, 0.1) is 13.8 Å². The normalized spacial score (nSPS) is 12.8. The van der Waals surface area contributed by atoms with Gasteiger partial charge in [0.15, 0.2) is 0 Å². The SMILES string of the molecule is CC[C@H](C)NC(=O)[C@H](C)N(Cc1cccc(C)c1)C(=O)CN(c1ccc(C)cc1)S(=O)(=O)c1ccc(OC)cc1. The zero-order valence-electron chi connectivity index (χ0n) is 24.0. The molecule has 3 aromatic rings. The number of hydrogen-bond donors (Lipinski definition) is 1. The summed E-state index contributed by atoms with van der Waals surface area (Å²) in [4.78, 5) is 28.6. The van der Waals surface area contributed by atoms with Gasteiger partial charge >= 0.3 is 0 Å². The van der Waals surface area contributed by atoms with Crippen LogP contribution in [0.15, 0.2) is 77.7 Å². The van der Waals surface area contributed by atoms with Crippen molar-refractivity contribution >= 4 is 27.5 Å². The fourth-order valence-electron chi connectivity index (χ4n) is 4.17. The second-order valence-corrected chi connectivity index (χ2v) is 11.9. The van der Waals surface area contributed by atoms with Crippen molar-refractivity contribution in [3.63, 3.8) is 0 Å². The fourth-order valence-corrected chi connectivity index (χ4v) is 5.58. The van der Waals surface area contributed by atoms with E-state index in [9.17, 15) is 18.0 Å². The predicted molar refractivity (Wildman–Crippen MR) is 158 cm³/mol. The lowest BCUT2D eigenvalue weighted by molar-refractivity contribution is -0.139. The van der Waals surface area contributed by atoms with E-state index in [-0.39, 0.29) is 23.4 Å². The van der Waals surface area contributed by atoms with E-state index in [1.165, 1.54) is 24.1 Å². The van der Waals surface area contributed by atoms with E-state index in [2.05, 4.69) is 5.32 Å². The van der Waals surface area contributed by atoms with Crippen molar-refractivity contribution in [3.8, 4) is 5.75 Å². The summed E-state index contributed by atoms with van der Waals surface area (Å²) in [6.07, 6.45) is 0.742. The van der Waals surface area contributed by atoms with Gasteiger partial charge in [-0.3, -0.25) is 13.9 Å². The molecule has 0 heterocycles. The average Bonchev–Trinajstić information content (AvgIpc) is 2.94. The van der Waals surface area contributed by atoms with Crippen LogP contribution in [0.1, 0.15) is 43.9 Å². The largest absolute Gasteiger partial charge is 0.497 e. The minimum absolute atomic E-state index is 0.0227. The summed E-state index contributed by atoms with van der Waals surface area (Å²) in [5.74, 6) is -0.274. The lowest BCUT2D eigenvalue weighted by Crippen LogP contribution is -2.52. The van der Waals surface area contributed by atoms with Gasteiger partial charge in [-0.2, -0.15) is 0 Å². The molecule has 0 aliphatic heterocycles. The molecular weight excluding hydrogens is 526 g/mol. The topological polar surface area (TPSA) is 96.0 Å². The van der Waals surface area contributed by atoms with Gasteiger partial charge in [-0.25, -0.2) is 8.42 Å². The van der Waals surface area contributed by atoms with Crippen LogP contribution in [0.2, 0.25) is 0 Å². The van der Waals surface area contributed by atoms with Crippen molar-refractivity contribution in [2.45, 2.75) is 64.6 Å². The Balaban J connectivity index is 2.02. The first-order valence-electron chi connectivity index (χ1n) is 13.3. The van der Waals surface area contributed by atoms with Gasteiger partial charge in [-0.15, -0.1) is 0 Å². The molecule has 2 atom stereocenters. The number of sulfonamides is 1. The van der Waals surface area contributed by atoms with Gasteiger partial charge < -0.3 is 15.0 Å². The molecule has 0 aromatic heterocycles. The average molecular weight is 566 g/mol. The minimum Gasteiger partial charge on any atom is -0.497 e. The molecule has 0 spiro atoms. The molecule has 0 unspecified atom stereocenters. The number of methoxy groups -OCH3 is 1. The number of rotatable bonds is 12. The van der Waals surface area contributed by atoms with E-state index in [1.54, 1.807) is 43.3 Å². The summed E-state index contributed by atoms with van der Waals surface area (Å²) >= 11 is 0. The van der Waals surface area contributed by atoms with E-state index in [1.807, 2.05) is 52.0 Å². The van der Waals surface area contributed by atoms with Crippen LogP contribution < -0.4 is 14.4 Å². The molecule has 0 bridgehead atoms. The monoisotopic (exact) mass is 565 g/mol. The van der Waals surface area contributed by atoms with Crippen molar-refractivity contribution in [3.05, 3.63) is 89.5 Å². The number of ether oxygens (including phenoxy) is 1. The zero-order valence-corrected chi connectivity index (χ0v) is 24.9. The lowest BCUT2D eigenvalue weighted by atomic mass is 10.1. The maximum atomic E-state index is 14.0. The van der Waals surface area contributed by atoms with Gasteiger partial charge in [0.25, 0.3) is 10.0 Å². The molecule has 0 aliphatic carbocycles. The highest BCUT2D eigenvalue weighted by Gasteiger charge is 2.32. The maximum absolute atomic E-state index is 14.0. The summed E-state index contributed by atoms with van der Waals surface area (Å²) in [6.45, 7) is 9.06. The van der Waals surface area contributed by atoms with Crippen LogP contribution in [0.5, 0.6) is 5.75 Å². The fraction of sp³-hybridized carbons (Fsp3) is 0.355. The van der Waals surface area contributed by atoms with E-state index in [0.717, 1.165) is 27.4 Å². The molecule has 1 N–H and O–H groups in total. The number of hydrogen-bond acceptors (Lipinski definition) is 5. The second kappa shape index (κ2) is 13.5. The molecule has 2 amide bonds. The van der Waals surface area contributed by atoms with E-state index in [4.69, 9.17) is 4.74 Å². The summed E-state index contributed by atoms with van der Waals surface area (Å²) in [6, 6.07) is 19.8. The van der Waals surface area contributed by atoms with E-state index < -0.39 is 28.5 Å². The number of nitrogens with zero attached hydrogens (tertiary/aromatic N) is 2. The molecule has 3 rings (SSSR count). The Morgan fingerprint density at radius 1 is 0.925 bits per heavy atom. The Hall–Kier alpha value is -3.85. The highest BCUT2D eigenvalue weighted by molar-refractivity contribution is 7.92. The highest BCUT2D eigenvalue weighted by atomic mass is 32.2. The highest BCUT2D eigenvalue weighted by Crippen LogP contribution is 2.26. The lowest BCUT2D eigenvalue weighted by Gasteiger charge is -2.32. The van der Waals surface area contributed by atoms with Crippen molar-refractivity contribution in [2.75, 3.05) is 18.0 Å². The standard InChI is InChI=1S/C31H39N3O5S/c1-7-24(4)32-31(36)25(5)33(20-26-10-8-9-23(3)19-26)30(35)21-34(27-13-11-22(2)12-14-27)40(37,38)29-17-15-28(39-6)16-18-29/h8-19,24-25H,7,20-21H2,1-6H3,(H,32,36)/t24-,25-/m0/s1. The molecule has 0 aliphatic rings. The third kappa shape index (κ3) is 7.63. The number of amides is 2. The first-order valence-corrected chi connectivity index (χ1v) is 14.8. The van der Waals surface area contributed by atoms with Crippen LogP contribution in [-0.2, 0) is 26.2 Å². The summed E-state index contributed by atoms with van der Waals surface area (Å²) in [5, 5.41) is 2.94. The Bertz CT molecular complexity index is 1410. The third-order valence-electron chi connectivity index (χ3n) is 6.85. The quantitative estimate of drug-likeness (QED) is 0.339. The Morgan fingerprint density at radius 3 is 2.15 bits per heavy atom. The predicted octanol–water partition coefficient (Wildman–Crippen LogP) is 4.84. The molecule has 8 nitrogen and oxygen atoms in total. The molecule has 0 saturated carbocycles. The van der Waals surface area contributed by atoms with E-state index in [0.29, 0.717) is 11.4 Å². The van der Waals surface area contributed by atoms with Crippen LogP contribution in [0.4, 0.5) is 5.69 Å². The molecule has 0 saturated heterocycles. The van der Waals surface area contributed by atoms with Crippen LogP contribution in [0.3, 0.4) is 0 Å². The van der Waals surface area contributed by atoms with Gasteiger partial charge in [0.05, 0.1) is 17.7 Å². The van der Waals surface area contributed by atoms with Gasteiger partial charge in [-0.1, -0.05) is 54.4 Å². The molecule has 0 fully saturated rings. The second-order valence-electron chi connectivity index (χ2n) is 10.0. The summed E-state index contributed by atoms with van der Waals surface area (Å²) in [5.41, 5.74) is 3.16.